The van der Waals surface area contributed by atoms with E-state index in [1.54, 1.807) is 17.7 Å². The number of thiophene rings is 2. The van der Waals surface area contributed by atoms with Gasteiger partial charge in [0.25, 0.3) is 5.91 Å². The number of hydrogen-bond acceptors (Lipinski definition) is 7. The molecule has 0 radical (unpaired) electrons. The highest BCUT2D eigenvalue weighted by Gasteiger charge is 2.30. The fourth-order valence-electron chi connectivity index (χ4n) is 4.89. The van der Waals surface area contributed by atoms with Gasteiger partial charge < -0.3 is 16.0 Å². The van der Waals surface area contributed by atoms with Gasteiger partial charge in [-0.15, -0.1) is 22.7 Å². The number of nitrogens with one attached hydrogen (secondary N) is 1. The monoisotopic (exact) mass is 469 g/mol. The molecule has 7 nitrogen and oxygen atoms in total. The summed E-state index contributed by atoms with van der Waals surface area (Å²) in [5, 5.41) is 4.82. The van der Waals surface area contributed by atoms with Gasteiger partial charge in [-0.25, -0.2) is 9.97 Å². The summed E-state index contributed by atoms with van der Waals surface area (Å²) in [4.78, 5) is 39.9. The Hall–Kier alpha value is -2.52. The molecule has 0 atom stereocenters. The lowest BCUT2D eigenvalue weighted by Gasteiger charge is -2.32. The summed E-state index contributed by atoms with van der Waals surface area (Å²) in [5.74, 6) is 0.427. The number of nitrogens with zero attached hydrogens (tertiary/aromatic N) is 3. The Labute approximate surface area is 195 Å². The highest BCUT2D eigenvalue weighted by molar-refractivity contribution is 7.18. The zero-order chi connectivity index (χ0) is 22.4. The van der Waals surface area contributed by atoms with Crippen molar-refractivity contribution in [1.82, 2.24) is 9.97 Å². The van der Waals surface area contributed by atoms with Crippen LogP contribution in [0, 0.1) is 19.8 Å². The minimum absolute atomic E-state index is 0.0128. The van der Waals surface area contributed by atoms with E-state index in [1.807, 2.05) is 0 Å². The Bertz CT molecular complexity index is 1210. The smallest absolute Gasteiger partial charge is 0.251 e. The summed E-state index contributed by atoms with van der Waals surface area (Å²) in [6.45, 7) is 5.77. The molecule has 3 aromatic heterocycles. The number of carbonyl (C=O) groups is 2. The lowest BCUT2D eigenvalue weighted by Crippen LogP contribution is -2.38. The van der Waals surface area contributed by atoms with E-state index in [0.717, 1.165) is 73.2 Å². The number of anilines is 2. The molecule has 3 aromatic rings. The molecule has 168 valence electrons. The summed E-state index contributed by atoms with van der Waals surface area (Å²) in [7, 11) is 0. The van der Waals surface area contributed by atoms with E-state index in [0.29, 0.717) is 10.6 Å². The molecule has 0 saturated carbocycles. The van der Waals surface area contributed by atoms with Gasteiger partial charge in [-0.3, -0.25) is 9.59 Å². The van der Waals surface area contributed by atoms with E-state index in [4.69, 9.17) is 5.73 Å². The molecule has 2 amide bonds. The molecule has 3 N–H and O–H groups in total. The second-order valence-corrected chi connectivity index (χ2v) is 11.0. The molecule has 4 heterocycles. The molecule has 32 heavy (non-hydrogen) atoms. The van der Waals surface area contributed by atoms with Gasteiger partial charge >= 0.3 is 0 Å². The van der Waals surface area contributed by atoms with Crippen LogP contribution >= 0.6 is 22.7 Å². The maximum Gasteiger partial charge on any atom is 0.251 e. The van der Waals surface area contributed by atoms with Crippen LogP contribution in [0.5, 0.6) is 0 Å². The summed E-state index contributed by atoms with van der Waals surface area (Å²) in [5.41, 5.74) is 8.49. The summed E-state index contributed by atoms with van der Waals surface area (Å²) < 4.78 is 0. The number of aryl methyl sites for hydroxylation is 3. The minimum Gasteiger partial charge on any atom is -0.365 e. The molecule has 0 aromatic carbocycles. The number of primary amides is 1. The third-order valence-electron chi connectivity index (χ3n) is 6.77. The van der Waals surface area contributed by atoms with Gasteiger partial charge in [0.05, 0.1) is 10.9 Å². The summed E-state index contributed by atoms with van der Waals surface area (Å²) in [6.07, 6.45) is 7.14. The van der Waals surface area contributed by atoms with E-state index in [9.17, 15) is 9.59 Å². The van der Waals surface area contributed by atoms with Gasteiger partial charge in [0.2, 0.25) is 5.91 Å². The van der Waals surface area contributed by atoms with Gasteiger partial charge in [0.1, 0.15) is 22.0 Å². The predicted molar refractivity (Wildman–Crippen MR) is 130 cm³/mol. The van der Waals surface area contributed by atoms with E-state index >= 15 is 0 Å². The Kier molecular flexibility index (Phi) is 5.63. The van der Waals surface area contributed by atoms with Crippen molar-refractivity contribution in [3.8, 4) is 0 Å². The summed E-state index contributed by atoms with van der Waals surface area (Å²) in [6, 6.07) is 0. The topological polar surface area (TPSA) is 101 Å². The largest absolute Gasteiger partial charge is 0.365 e. The number of aromatic nitrogens is 2. The first-order valence-corrected chi connectivity index (χ1v) is 12.8. The molecular weight excluding hydrogens is 442 g/mol. The molecular formula is C23H27N5O2S2. The van der Waals surface area contributed by atoms with E-state index in [-0.39, 0.29) is 11.8 Å². The van der Waals surface area contributed by atoms with Crippen molar-refractivity contribution in [2.75, 3.05) is 23.3 Å². The fraction of sp³-hybridized carbons (Fsp3) is 0.478. The van der Waals surface area contributed by atoms with Crippen molar-refractivity contribution in [2.45, 2.75) is 52.4 Å². The standard InChI is InChI=1S/C23H27N5O2S2/c1-12-13(2)31-22-17(12)20(25-11-26-22)28-9-7-14(8-10-28)21(30)27-23-18(19(24)29)15-5-3-4-6-16(15)32-23/h11,14H,3-10H2,1-2H3,(H2,24,29)(H,27,30). The van der Waals surface area contributed by atoms with Crippen molar-refractivity contribution in [3.63, 3.8) is 0 Å². The molecule has 0 bridgehead atoms. The first-order valence-electron chi connectivity index (χ1n) is 11.1. The minimum atomic E-state index is -0.441. The molecule has 1 fully saturated rings. The molecule has 1 aliphatic carbocycles. The van der Waals surface area contributed by atoms with Gasteiger partial charge in [0, 0.05) is 28.8 Å². The van der Waals surface area contributed by atoms with E-state index in [1.165, 1.54) is 26.7 Å². The number of rotatable bonds is 4. The highest BCUT2D eigenvalue weighted by atomic mass is 32.1. The molecule has 9 heteroatoms. The Morgan fingerprint density at radius 1 is 1.12 bits per heavy atom. The third-order valence-corrected chi connectivity index (χ3v) is 9.09. The van der Waals surface area contributed by atoms with Gasteiger partial charge in [0.15, 0.2) is 0 Å². The lowest BCUT2D eigenvalue weighted by atomic mass is 9.94. The quantitative estimate of drug-likeness (QED) is 0.596. The second-order valence-electron chi connectivity index (χ2n) is 8.69. The number of piperidine rings is 1. The van der Waals surface area contributed by atoms with Crippen LogP contribution in [0.25, 0.3) is 10.2 Å². The zero-order valence-electron chi connectivity index (χ0n) is 18.4. The zero-order valence-corrected chi connectivity index (χ0v) is 20.0. The van der Waals surface area contributed by atoms with Crippen LogP contribution in [0.2, 0.25) is 0 Å². The number of hydrogen-bond donors (Lipinski definition) is 2. The van der Waals surface area contributed by atoms with Crippen molar-refractivity contribution in [2.24, 2.45) is 11.7 Å². The van der Waals surface area contributed by atoms with Crippen LogP contribution in [0.15, 0.2) is 6.33 Å². The average molecular weight is 470 g/mol. The third kappa shape index (κ3) is 3.67. The van der Waals surface area contributed by atoms with Gasteiger partial charge in [-0.2, -0.15) is 0 Å². The molecule has 5 rings (SSSR count). The van der Waals surface area contributed by atoms with Crippen molar-refractivity contribution >= 4 is 55.5 Å². The van der Waals surface area contributed by atoms with Crippen LogP contribution < -0.4 is 16.0 Å². The second kappa shape index (κ2) is 8.44. The first-order chi connectivity index (χ1) is 15.4. The van der Waals surface area contributed by atoms with Gasteiger partial charge in [-0.1, -0.05) is 0 Å². The van der Waals surface area contributed by atoms with Gasteiger partial charge in [-0.05, 0) is 63.5 Å². The van der Waals surface area contributed by atoms with Crippen LogP contribution in [-0.2, 0) is 17.6 Å². The summed E-state index contributed by atoms with van der Waals surface area (Å²) >= 11 is 3.23. The highest BCUT2D eigenvalue weighted by Crippen LogP contribution is 2.39. The fourth-order valence-corrected chi connectivity index (χ4v) is 7.17. The van der Waals surface area contributed by atoms with Crippen molar-refractivity contribution in [3.05, 3.63) is 32.8 Å². The van der Waals surface area contributed by atoms with E-state index < -0.39 is 5.91 Å². The maximum absolute atomic E-state index is 13.1. The average Bonchev–Trinajstić information content (AvgIpc) is 3.30. The number of nitrogens with two attached hydrogens (primary N) is 1. The Balaban J connectivity index is 1.30. The number of amides is 2. The SMILES string of the molecule is Cc1sc2ncnc(N3CCC(C(=O)Nc4sc5c(c4C(N)=O)CCCC5)CC3)c2c1C. The van der Waals surface area contributed by atoms with Crippen LogP contribution in [0.1, 0.15) is 56.9 Å². The Morgan fingerprint density at radius 3 is 2.62 bits per heavy atom. The molecule has 1 aliphatic heterocycles. The Morgan fingerprint density at radius 2 is 1.88 bits per heavy atom. The molecule has 1 saturated heterocycles. The molecule has 0 spiro atoms. The normalized spacial score (nSPS) is 16.9. The van der Waals surface area contributed by atoms with Crippen LogP contribution in [-0.4, -0.2) is 34.9 Å². The van der Waals surface area contributed by atoms with Crippen molar-refractivity contribution < 1.29 is 9.59 Å². The molecule has 0 unspecified atom stereocenters. The first kappa shape index (κ1) is 21.3. The van der Waals surface area contributed by atoms with Crippen LogP contribution in [0.4, 0.5) is 10.8 Å². The maximum atomic E-state index is 13.1. The predicted octanol–water partition coefficient (Wildman–Crippen LogP) is 4.20. The van der Waals surface area contributed by atoms with Crippen LogP contribution in [0.3, 0.4) is 0 Å². The van der Waals surface area contributed by atoms with E-state index in [2.05, 4.69) is 34.0 Å². The number of carbonyl (C=O) groups excluding carboxylic acids is 2. The molecule has 2 aliphatic rings. The van der Waals surface area contributed by atoms with Crippen molar-refractivity contribution in [1.29, 1.82) is 0 Å². The number of fused-ring (bicyclic) bond motifs is 2. The lowest BCUT2D eigenvalue weighted by molar-refractivity contribution is -0.120.